The molecule has 0 radical (unpaired) electrons. The topological polar surface area (TPSA) is 83.6 Å². The van der Waals surface area contributed by atoms with Gasteiger partial charge in [0.25, 0.3) is 0 Å². The van der Waals surface area contributed by atoms with E-state index in [9.17, 15) is 18.0 Å². The Morgan fingerprint density at radius 3 is 2.50 bits per heavy atom. The van der Waals surface area contributed by atoms with Crippen LogP contribution in [-0.2, 0) is 19.4 Å². The first-order chi connectivity index (χ1) is 11.3. The Morgan fingerprint density at radius 1 is 1.25 bits per heavy atom. The molecule has 130 valence electrons. The number of rotatable bonds is 3. The van der Waals surface area contributed by atoms with Crippen LogP contribution in [0.5, 0.6) is 0 Å². The monoisotopic (exact) mass is 350 g/mol. The Morgan fingerprint density at radius 2 is 1.92 bits per heavy atom. The van der Waals surface area contributed by atoms with E-state index >= 15 is 0 Å². The lowest BCUT2D eigenvalue weighted by atomic mass is 10.1. The van der Waals surface area contributed by atoms with Crippen molar-refractivity contribution in [3.8, 4) is 0 Å². The van der Waals surface area contributed by atoms with Gasteiger partial charge in [0.1, 0.15) is 0 Å². The smallest absolute Gasteiger partial charge is 0.227 e. The number of amides is 2. The van der Waals surface area contributed by atoms with Gasteiger partial charge in [-0.3, -0.25) is 9.59 Å². The third-order valence-corrected chi connectivity index (χ3v) is 6.55. The van der Waals surface area contributed by atoms with Gasteiger partial charge in [0, 0.05) is 24.7 Å². The average molecular weight is 350 g/mol. The number of sulfone groups is 1. The van der Waals surface area contributed by atoms with Crippen LogP contribution in [0, 0.1) is 19.8 Å². The van der Waals surface area contributed by atoms with Crippen molar-refractivity contribution in [3.63, 3.8) is 0 Å². The summed E-state index contributed by atoms with van der Waals surface area (Å²) >= 11 is 0. The number of hydrogen-bond donors (Lipinski definition) is 1. The zero-order valence-electron chi connectivity index (χ0n) is 13.9. The quantitative estimate of drug-likeness (QED) is 0.880. The lowest BCUT2D eigenvalue weighted by Crippen LogP contribution is -2.40. The fraction of sp³-hybridized carbons (Fsp3) is 0.529. The predicted octanol–water partition coefficient (Wildman–Crippen LogP) is 0.960. The highest BCUT2D eigenvalue weighted by atomic mass is 32.2. The van der Waals surface area contributed by atoms with Gasteiger partial charge < -0.3 is 10.2 Å². The van der Waals surface area contributed by atoms with Crippen molar-refractivity contribution in [1.29, 1.82) is 0 Å². The van der Waals surface area contributed by atoms with Crippen LogP contribution in [0.15, 0.2) is 18.2 Å². The highest BCUT2D eigenvalue weighted by molar-refractivity contribution is 7.91. The highest BCUT2D eigenvalue weighted by Gasteiger charge is 2.38. The van der Waals surface area contributed by atoms with Crippen LogP contribution in [-0.4, -0.2) is 44.3 Å². The fourth-order valence-corrected chi connectivity index (χ4v) is 5.23. The maximum Gasteiger partial charge on any atom is 0.227 e. The fourth-order valence-electron chi connectivity index (χ4n) is 3.56. The molecule has 6 nitrogen and oxygen atoms in total. The molecule has 1 aromatic carbocycles. The van der Waals surface area contributed by atoms with E-state index in [2.05, 4.69) is 5.32 Å². The summed E-state index contributed by atoms with van der Waals surface area (Å²) < 4.78 is 23.0. The molecule has 7 heteroatoms. The Bertz CT molecular complexity index is 768. The molecule has 3 rings (SSSR count). The Kier molecular flexibility index (Phi) is 4.38. The lowest BCUT2D eigenvalue weighted by Gasteiger charge is -2.21. The SMILES string of the molecule is Cc1cccc(C)c1N1CC(C(=O)NC2CCS(=O)(=O)C2)CC1=O. The predicted molar refractivity (Wildman–Crippen MR) is 91.6 cm³/mol. The number of nitrogens with zero attached hydrogens (tertiary/aromatic N) is 1. The second kappa shape index (κ2) is 6.20. The number of carbonyl (C=O) groups is 2. The standard InChI is InChI=1S/C17H22N2O4S/c1-11-4-3-5-12(2)16(11)19-9-13(8-15(19)20)17(21)18-14-6-7-24(22,23)10-14/h3-5,13-14H,6-10H2,1-2H3,(H,18,21). The summed E-state index contributed by atoms with van der Waals surface area (Å²) in [5, 5.41) is 2.80. The van der Waals surface area contributed by atoms with E-state index in [-0.39, 0.29) is 35.8 Å². The first-order valence-electron chi connectivity index (χ1n) is 8.14. The number of para-hydroxylation sites is 1. The minimum absolute atomic E-state index is 0.0000221. The van der Waals surface area contributed by atoms with Crippen LogP contribution in [0.1, 0.15) is 24.0 Å². The maximum absolute atomic E-state index is 12.4. The van der Waals surface area contributed by atoms with Crippen LogP contribution in [0.25, 0.3) is 0 Å². The first kappa shape index (κ1) is 17.0. The average Bonchev–Trinajstić information content (AvgIpc) is 3.02. The van der Waals surface area contributed by atoms with Crippen LogP contribution in [0.3, 0.4) is 0 Å². The van der Waals surface area contributed by atoms with Crippen LogP contribution >= 0.6 is 0 Å². The van der Waals surface area contributed by atoms with E-state index in [1.807, 2.05) is 32.0 Å². The highest BCUT2D eigenvalue weighted by Crippen LogP contribution is 2.31. The summed E-state index contributed by atoms with van der Waals surface area (Å²) in [4.78, 5) is 26.5. The number of hydrogen-bond acceptors (Lipinski definition) is 4. The van der Waals surface area contributed by atoms with Crippen LogP contribution in [0.4, 0.5) is 5.69 Å². The van der Waals surface area contributed by atoms with Gasteiger partial charge in [-0.15, -0.1) is 0 Å². The Labute approximate surface area is 142 Å². The molecule has 0 saturated carbocycles. The number of anilines is 1. The largest absolute Gasteiger partial charge is 0.352 e. The molecule has 0 aromatic heterocycles. The summed E-state index contributed by atoms with van der Waals surface area (Å²) in [7, 11) is -3.03. The summed E-state index contributed by atoms with van der Waals surface area (Å²) in [5.41, 5.74) is 2.89. The molecule has 2 unspecified atom stereocenters. The van der Waals surface area contributed by atoms with E-state index in [1.165, 1.54) is 0 Å². The number of carbonyl (C=O) groups excluding carboxylic acids is 2. The molecule has 2 aliphatic heterocycles. The third kappa shape index (κ3) is 3.31. The van der Waals surface area contributed by atoms with Crippen LogP contribution in [0.2, 0.25) is 0 Å². The van der Waals surface area contributed by atoms with E-state index in [1.54, 1.807) is 4.90 Å². The first-order valence-corrected chi connectivity index (χ1v) is 9.96. The summed E-state index contributed by atoms with van der Waals surface area (Å²) in [6, 6.07) is 5.52. The van der Waals surface area contributed by atoms with E-state index in [0.717, 1.165) is 16.8 Å². The molecular weight excluding hydrogens is 328 g/mol. The zero-order chi connectivity index (χ0) is 17.5. The van der Waals surface area contributed by atoms with Crippen molar-refractivity contribution in [1.82, 2.24) is 5.32 Å². The van der Waals surface area contributed by atoms with Gasteiger partial charge >= 0.3 is 0 Å². The van der Waals surface area contributed by atoms with E-state index in [4.69, 9.17) is 0 Å². The second-order valence-electron chi connectivity index (χ2n) is 6.75. The minimum Gasteiger partial charge on any atom is -0.352 e. The van der Waals surface area contributed by atoms with Gasteiger partial charge in [0.2, 0.25) is 11.8 Å². The van der Waals surface area contributed by atoms with Gasteiger partial charge in [0.15, 0.2) is 9.84 Å². The van der Waals surface area contributed by atoms with Crippen molar-refractivity contribution >= 4 is 27.3 Å². The summed E-state index contributed by atoms with van der Waals surface area (Å²) in [5.74, 6) is -0.596. The molecule has 2 amide bonds. The molecule has 1 N–H and O–H groups in total. The lowest BCUT2D eigenvalue weighted by molar-refractivity contribution is -0.126. The number of nitrogens with one attached hydrogen (secondary N) is 1. The normalized spacial score (nSPS) is 25.9. The molecule has 2 saturated heterocycles. The molecule has 2 fully saturated rings. The van der Waals surface area contributed by atoms with Crippen molar-refractivity contribution in [2.75, 3.05) is 23.0 Å². The van der Waals surface area contributed by atoms with Gasteiger partial charge in [-0.05, 0) is 31.4 Å². The molecule has 2 heterocycles. The third-order valence-electron chi connectivity index (χ3n) is 4.78. The zero-order valence-corrected chi connectivity index (χ0v) is 14.7. The van der Waals surface area contributed by atoms with Gasteiger partial charge in [-0.1, -0.05) is 18.2 Å². The minimum atomic E-state index is -3.03. The molecule has 2 aliphatic rings. The van der Waals surface area contributed by atoms with Gasteiger partial charge in [-0.2, -0.15) is 0 Å². The molecule has 1 aromatic rings. The molecule has 24 heavy (non-hydrogen) atoms. The number of aryl methyl sites for hydroxylation is 2. The van der Waals surface area contributed by atoms with Crippen LogP contribution < -0.4 is 10.2 Å². The van der Waals surface area contributed by atoms with Crippen molar-refractivity contribution < 1.29 is 18.0 Å². The number of benzene rings is 1. The Hall–Kier alpha value is -1.89. The molecule has 2 atom stereocenters. The molecule has 0 bridgehead atoms. The molecule has 0 spiro atoms. The van der Waals surface area contributed by atoms with E-state index in [0.29, 0.717) is 13.0 Å². The van der Waals surface area contributed by atoms with Crippen molar-refractivity contribution in [3.05, 3.63) is 29.3 Å². The summed E-state index contributed by atoms with van der Waals surface area (Å²) in [6.45, 7) is 4.24. The van der Waals surface area contributed by atoms with Crippen molar-refractivity contribution in [2.24, 2.45) is 5.92 Å². The van der Waals surface area contributed by atoms with Crippen molar-refractivity contribution in [2.45, 2.75) is 32.7 Å². The van der Waals surface area contributed by atoms with Gasteiger partial charge in [0.05, 0.1) is 17.4 Å². The molecular formula is C17H22N2O4S. The Balaban J connectivity index is 1.70. The van der Waals surface area contributed by atoms with Gasteiger partial charge in [-0.25, -0.2) is 8.42 Å². The second-order valence-corrected chi connectivity index (χ2v) is 8.98. The summed E-state index contributed by atoms with van der Waals surface area (Å²) in [6.07, 6.45) is 0.619. The maximum atomic E-state index is 12.4. The van der Waals surface area contributed by atoms with E-state index < -0.39 is 15.8 Å². The molecule has 0 aliphatic carbocycles.